The third-order valence-corrected chi connectivity index (χ3v) is 6.49. The molecule has 146 valence electrons. The average molecular weight is 426 g/mol. The van der Waals surface area contributed by atoms with Crippen LogP contribution in [0.2, 0.25) is 0 Å². The quantitative estimate of drug-likeness (QED) is 0.246. The van der Waals surface area contributed by atoms with Crippen molar-refractivity contribution in [3.63, 3.8) is 0 Å². The molecule has 0 bridgehead atoms. The number of fused-ring (bicyclic) bond motifs is 2. The second-order valence-corrected chi connectivity index (χ2v) is 8.85. The topological polar surface area (TPSA) is 66.4 Å². The molecule has 4 rings (SSSR count). The Morgan fingerprint density at radius 3 is 1.57 bits per heavy atom. The number of para-hydroxylation sites is 2. The van der Waals surface area contributed by atoms with Crippen LogP contribution in [0.25, 0.3) is 0 Å². The molecule has 0 aromatic heterocycles. The van der Waals surface area contributed by atoms with Crippen LogP contribution in [0.1, 0.15) is 0 Å². The number of ether oxygens (including phenoxy) is 1. The Kier molecular flexibility index (Phi) is 5.69. The smallest absolute Gasteiger partial charge is 0.485 e. The van der Waals surface area contributed by atoms with E-state index in [1.165, 1.54) is 14.7 Å². The van der Waals surface area contributed by atoms with Crippen molar-refractivity contribution in [3.8, 4) is 11.5 Å². The van der Waals surface area contributed by atoms with Gasteiger partial charge >= 0.3 is 5.51 Å². The van der Waals surface area contributed by atoms with E-state index in [-0.39, 0.29) is 10.9 Å². The lowest BCUT2D eigenvalue weighted by molar-refractivity contribution is -0.0517. The number of alkyl halides is 3. The lowest BCUT2D eigenvalue weighted by atomic mass is 10.3. The van der Waals surface area contributed by atoms with Gasteiger partial charge in [-0.05, 0) is 36.4 Å². The van der Waals surface area contributed by atoms with E-state index in [0.717, 1.165) is 11.5 Å². The van der Waals surface area contributed by atoms with Crippen LogP contribution in [0.4, 0.5) is 13.2 Å². The third kappa shape index (κ3) is 4.32. The van der Waals surface area contributed by atoms with E-state index in [9.17, 15) is 13.2 Å². The van der Waals surface area contributed by atoms with Gasteiger partial charge in [-0.1, -0.05) is 42.5 Å². The molecule has 3 aromatic rings. The molecule has 1 aliphatic heterocycles. The molecule has 1 aliphatic rings. The van der Waals surface area contributed by atoms with Crippen molar-refractivity contribution in [1.82, 2.24) is 0 Å². The van der Waals surface area contributed by atoms with Crippen LogP contribution in [0.15, 0.2) is 93.5 Å². The Morgan fingerprint density at radius 2 is 1.14 bits per heavy atom. The summed E-state index contributed by atoms with van der Waals surface area (Å²) in [6.07, 6.45) is 0. The Labute approximate surface area is 162 Å². The molecule has 3 aromatic carbocycles. The summed E-state index contributed by atoms with van der Waals surface area (Å²) in [4.78, 5) is 3.85. The average Bonchev–Trinajstić information content (AvgIpc) is 2.65. The summed E-state index contributed by atoms with van der Waals surface area (Å²) >= 11 is 0. The first-order valence-electron chi connectivity index (χ1n) is 7.86. The molecule has 4 nitrogen and oxygen atoms in total. The molecule has 9 heteroatoms. The maximum Gasteiger partial charge on any atom is 0.485 e. The molecule has 0 aliphatic carbocycles. The molecule has 0 atom stereocenters. The van der Waals surface area contributed by atoms with Gasteiger partial charge < -0.3 is 9.29 Å². The Bertz CT molecular complexity index is 1020. The monoisotopic (exact) mass is 426 g/mol. The Hall–Kier alpha value is -2.49. The lowest BCUT2D eigenvalue weighted by Crippen LogP contribution is -2.21. The molecule has 0 saturated heterocycles. The second-order valence-electron chi connectivity index (χ2n) is 5.51. The maximum atomic E-state index is 10.7. The van der Waals surface area contributed by atoms with E-state index in [1.807, 2.05) is 24.3 Å². The first-order chi connectivity index (χ1) is 13.2. The maximum absolute atomic E-state index is 10.7. The molecule has 1 heterocycles. The van der Waals surface area contributed by atoms with E-state index in [4.69, 9.17) is 17.7 Å². The van der Waals surface area contributed by atoms with Crippen molar-refractivity contribution in [2.75, 3.05) is 0 Å². The molecular weight excluding hydrogens is 413 g/mol. The first kappa shape index (κ1) is 20.2. The van der Waals surface area contributed by atoms with Gasteiger partial charge in [-0.3, -0.25) is 0 Å². The van der Waals surface area contributed by atoms with Crippen molar-refractivity contribution >= 4 is 21.0 Å². The van der Waals surface area contributed by atoms with Crippen molar-refractivity contribution in [2.24, 2.45) is 0 Å². The minimum Gasteiger partial charge on any atom is -0.741 e. The van der Waals surface area contributed by atoms with Gasteiger partial charge in [-0.2, -0.15) is 13.2 Å². The fourth-order valence-electron chi connectivity index (χ4n) is 2.45. The minimum absolute atomic E-state index is 0.0829. The number of hydrogen-bond acceptors (Lipinski definition) is 4. The first-order valence-corrected chi connectivity index (χ1v) is 10.5. The van der Waals surface area contributed by atoms with Crippen molar-refractivity contribution in [3.05, 3.63) is 78.9 Å². The normalized spacial score (nSPS) is 13.4. The summed E-state index contributed by atoms with van der Waals surface area (Å²) in [7, 11) is -6.17. The van der Waals surface area contributed by atoms with Gasteiger partial charge in [0.25, 0.3) is 0 Å². The van der Waals surface area contributed by atoms with Gasteiger partial charge in [0.2, 0.25) is 9.79 Å². The van der Waals surface area contributed by atoms with Crippen LogP contribution in [0.5, 0.6) is 11.5 Å². The van der Waals surface area contributed by atoms with Crippen LogP contribution in [0, 0.1) is 0 Å². The molecule has 0 N–H and O–H groups in total. The molecule has 0 amide bonds. The van der Waals surface area contributed by atoms with Gasteiger partial charge in [-0.15, -0.1) is 0 Å². The highest BCUT2D eigenvalue weighted by atomic mass is 32.2. The van der Waals surface area contributed by atoms with Crippen molar-refractivity contribution in [2.45, 2.75) is 20.2 Å². The van der Waals surface area contributed by atoms with Crippen LogP contribution in [0.3, 0.4) is 0 Å². The molecule has 0 radical (unpaired) electrons. The molecule has 28 heavy (non-hydrogen) atoms. The zero-order valence-corrected chi connectivity index (χ0v) is 15.7. The van der Waals surface area contributed by atoms with Gasteiger partial charge in [0, 0.05) is 0 Å². The van der Waals surface area contributed by atoms with E-state index in [1.54, 1.807) is 0 Å². The lowest BCUT2D eigenvalue weighted by Gasteiger charge is -2.19. The second kappa shape index (κ2) is 7.86. The third-order valence-electron chi connectivity index (χ3n) is 3.62. The summed E-state index contributed by atoms with van der Waals surface area (Å²) in [5.41, 5.74) is -5.65. The van der Waals surface area contributed by atoms with E-state index >= 15 is 0 Å². The largest absolute Gasteiger partial charge is 0.741 e. The SMILES string of the molecule is O=S(=O)([O-])C(F)(F)F.c1ccc([S+]2c3ccccc3Oc3ccccc32)cc1. The van der Waals surface area contributed by atoms with E-state index in [2.05, 4.69) is 54.6 Å². The summed E-state index contributed by atoms with van der Waals surface area (Å²) in [5.74, 6) is 1.94. The van der Waals surface area contributed by atoms with E-state index < -0.39 is 15.6 Å². The highest BCUT2D eigenvalue weighted by molar-refractivity contribution is 7.97. The zero-order valence-electron chi connectivity index (χ0n) is 14.1. The Balaban J connectivity index is 0.000000242. The molecule has 0 unspecified atom stereocenters. The molecule has 0 saturated carbocycles. The van der Waals surface area contributed by atoms with Crippen LogP contribution < -0.4 is 4.74 Å². The number of benzene rings is 3. The van der Waals surface area contributed by atoms with Gasteiger partial charge in [0.1, 0.15) is 10.9 Å². The predicted molar refractivity (Wildman–Crippen MR) is 97.3 cm³/mol. The van der Waals surface area contributed by atoms with Gasteiger partial charge in [0.15, 0.2) is 26.5 Å². The highest BCUT2D eigenvalue weighted by Crippen LogP contribution is 2.46. The summed E-state index contributed by atoms with van der Waals surface area (Å²) < 4.78 is 64.9. The molecule has 0 fully saturated rings. The van der Waals surface area contributed by atoms with Gasteiger partial charge in [0.05, 0.1) is 0 Å². The summed E-state index contributed by atoms with van der Waals surface area (Å²) in [6.45, 7) is 0. The highest BCUT2D eigenvalue weighted by Gasteiger charge is 2.38. The number of rotatable bonds is 1. The zero-order chi connectivity index (χ0) is 20.4. The molecule has 0 spiro atoms. The standard InChI is InChI=1S/C18H13OS.CHF3O3S/c1-2-8-14(9-3-1)20-17-12-6-4-10-15(17)19-16-11-5-7-13-18(16)20;2-1(3,4)8(5,6)7/h1-13H;(H,5,6,7)/q+1;/p-1. The van der Waals surface area contributed by atoms with E-state index in [0.29, 0.717) is 0 Å². The fraction of sp³-hybridized carbons (Fsp3) is 0.0526. The van der Waals surface area contributed by atoms with Crippen LogP contribution in [-0.2, 0) is 21.0 Å². The number of hydrogen-bond donors (Lipinski definition) is 0. The van der Waals surface area contributed by atoms with Crippen molar-refractivity contribution < 1.29 is 30.9 Å². The molecular formula is C19H13F3O4S2. The summed E-state index contributed by atoms with van der Waals surface area (Å²) in [6, 6.07) is 27.3. The Morgan fingerprint density at radius 1 is 0.750 bits per heavy atom. The number of halogens is 3. The van der Waals surface area contributed by atoms with Crippen LogP contribution >= 0.6 is 0 Å². The predicted octanol–water partition coefficient (Wildman–Crippen LogP) is 4.94. The fourth-order valence-corrected chi connectivity index (χ4v) is 4.68. The van der Waals surface area contributed by atoms with Crippen molar-refractivity contribution in [1.29, 1.82) is 0 Å². The van der Waals surface area contributed by atoms with Crippen LogP contribution in [-0.4, -0.2) is 18.5 Å². The van der Waals surface area contributed by atoms with Gasteiger partial charge in [-0.25, -0.2) is 8.42 Å². The summed E-state index contributed by atoms with van der Waals surface area (Å²) in [5, 5.41) is 0. The minimum atomic E-state index is -6.09.